The van der Waals surface area contributed by atoms with E-state index in [0.29, 0.717) is 23.0 Å². The molecule has 7 heteroatoms. The highest BCUT2D eigenvalue weighted by atomic mass is 79.9. The Morgan fingerprint density at radius 2 is 2.04 bits per heavy atom. The molecule has 0 spiro atoms. The molecular weight excluding hydrogens is 403 g/mol. The molecule has 3 rings (SSSR count). The molecule has 0 radical (unpaired) electrons. The van der Waals surface area contributed by atoms with Crippen molar-refractivity contribution >= 4 is 33.4 Å². The number of halogens is 2. The molecule has 1 N–H and O–H groups in total. The minimum Gasteiger partial charge on any atom is -0.312 e. The Morgan fingerprint density at radius 3 is 2.85 bits per heavy atom. The molecule has 0 aromatic heterocycles. The van der Waals surface area contributed by atoms with E-state index in [-0.39, 0.29) is 30.7 Å². The van der Waals surface area contributed by atoms with Gasteiger partial charge in [-0.25, -0.2) is 9.87 Å². The van der Waals surface area contributed by atoms with Crippen molar-refractivity contribution in [1.82, 2.24) is 5.48 Å². The fourth-order valence-electron chi connectivity index (χ4n) is 2.84. The second-order valence-corrected chi connectivity index (χ2v) is 6.83. The highest BCUT2D eigenvalue weighted by Crippen LogP contribution is 2.27. The van der Waals surface area contributed by atoms with Gasteiger partial charge in [0.25, 0.3) is 0 Å². The first-order chi connectivity index (χ1) is 12.5. The average molecular weight is 421 g/mol. The minimum atomic E-state index is -0.351. The summed E-state index contributed by atoms with van der Waals surface area (Å²) in [5.74, 6) is -0.650. The van der Waals surface area contributed by atoms with E-state index in [2.05, 4.69) is 21.4 Å². The van der Waals surface area contributed by atoms with E-state index in [0.717, 1.165) is 17.7 Å². The summed E-state index contributed by atoms with van der Waals surface area (Å²) < 4.78 is 13.6. The second kappa shape index (κ2) is 8.42. The Kier molecular flexibility index (Phi) is 6.00. The van der Waals surface area contributed by atoms with Gasteiger partial charge < -0.3 is 4.90 Å². The van der Waals surface area contributed by atoms with E-state index in [1.165, 1.54) is 12.1 Å². The number of hydroxylamine groups is 1. The Hall–Kier alpha value is -2.25. The van der Waals surface area contributed by atoms with Crippen LogP contribution >= 0.6 is 15.9 Å². The Balaban J connectivity index is 1.49. The number of anilines is 1. The van der Waals surface area contributed by atoms with Gasteiger partial charge in [-0.1, -0.05) is 40.2 Å². The van der Waals surface area contributed by atoms with Gasteiger partial charge in [-0.3, -0.25) is 14.4 Å². The van der Waals surface area contributed by atoms with Crippen LogP contribution in [0, 0.1) is 5.82 Å². The number of carbonyl (C=O) groups excluding carboxylic acids is 2. The van der Waals surface area contributed by atoms with Crippen LogP contribution in [0.3, 0.4) is 0 Å². The molecule has 136 valence electrons. The van der Waals surface area contributed by atoms with Gasteiger partial charge in [-0.2, -0.15) is 0 Å². The smallest absolute Gasteiger partial charge is 0.245 e. The van der Waals surface area contributed by atoms with Gasteiger partial charge in [-0.05, 0) is 35.7 Å². The zero-order chi connectivity index (χ0) is 18.5. The van der Waals surface area contributed by atoms with E-state index < -0.39 is 0 Å². The zero-order valence-electron chi connectivity index (χ0n) is 14.0. The van der Waals surface area contributed by atoms with Crippen LogP contribution in [0.25, 0.3) is 0 Å². The SMILES string of the molecule is O=C(CCN1C(=O)CCc2ccccc21)NOCc1ccc(F)cc1Br. The number of nitrogens with one attached hydrogen (secondary N) is 1. The first-order valence-electron chi connectivity index (χ1n) is 8.27. The first-order valence-corrected chi connectivity index (χ1v) is 9.07. The fraction of sp³-hybridized carbons (Fsp3) is 0.263. The molecule has 1 heterocycles. The largest absolute Gasteiger partial charge is 0.312 e. The number of nitrogens with zero attached hydrogens (tertiary/aromatic N) is 1. The molecule has 2 aromatic rings. The average Bonchev–Trinajstić information content (AvgIpc) is 2.62. The summed E-state index contributed by atoms with van der Waals surface area (Å²) in [7, 11) is 0. The molecule has 5 nitrogen and oxygen atoms in total. The van der Waals surface area contributed by atoms with E-state index in [9.17, 15) is 14.0 Å². The normalized spacial score (nSPS) is 13.5. The maximum Gasteiger partial charge on any atom is 0.245 e. The lowest BCUT2D eigenvalue weighted by Crippen LogP contribution is -2.38. The summed E-state index contributed by atoms with van der Waals surface area (Å²) in [6, 6.07) is 12.0. The molecule has 0 bridgehead atoms. The van der Waals surface area contributed by atoms with Crippen LogP contribution in [0.4, 0.5) is 10.1 Å². The maximum atomic E-state index is 13.0. The lowest BCUT2D eigenvalue weighted by Gasteiger charge is -2.29. The quantitative estimate of drug-likeness (QED) is 0.727. The summed E-state index contributed by atoms with van der Waals surface area (Å²) in [5, 5.41) is 0. The molecule has 0 aliphatic carbocycles. The van der Waals surface area contributed by atoms with Gasteiger partial charge in [0, 0.05) is 29.5 Å². The molecule has 2 amide bonds. The third-order valence-corrected chi connectivity index (χ3v) is 4.92. The summed E-state index contributed by atoms with van der Waals surface area (Å²) in [5.41, 5.74) is 5.06. The first kappa shape index (κ1) is 18.5. The molecule has 26 heavy (non-hydrogen) atoms. The van der Waals surface area contributed by atoms with E-state index in [1.807, 2.05) is 24.3 Å². The van der Waals surface area contributed by atoms with Crippen molar-refractivity contribution in [1.29, 1.82) is 0 Å². The lowest BCUT2D eigenvalue weighted by atomic mass is 10.0. The molecule has 0 atom stereocenters. The standard InChI is InChI=1S/C19H18BrFN2O3/c20-16-11-15(21)7-5-14(16)12-26-22-18(24)9-10-23-17-4-2-1-3-13(17)6-8-19(23)25/h1-5,7,11H,6,8-10,12H2,(H,22,24). The molecule has 1 aliphatic heterocycles. The number of amides is 2. The van der Waals surface area contributed by atoms with E-state index in [1.54, 1.807) is 11.0 Å². The summed E-state index contributed by atoms with van der Waals surface area (Å²) >= 11 is 3.24. The minimum absolute atomic E-state index is 0.0210. The van der Waals surface area contributed by atoms with Gasteiger partial charge in [0.05, 0.1) is 0 Å². The Labute approximate surface area is 159 Å². The van der Waals surface area contributed by atoms with Crippen LogP contribution < -0.4 is 10.4 Å². The summed E-state index contributed by atoms with van der Waals surface area (Å²) in [6.45, 7) is 0.406. The topological polar surface area (TPSA) is 58.6 Å². The number of hydrogen-bond acceptors (Lipinski definition) is 3. The molecule has 0 saturated heterocycles. The number of para-hydroxylation sites is 1. The molecular formula is C19H18BrFN2O3. The molecule has 0 fully saturated rings. The number of carbonyl (C=O) groups is 2. The van der Waals surface area contributed by atoms with Crippen molar-refractivity contribution in [2.24, 2.45) is 0 Å². The van der Waals surface area contributed by atoms with Crippen molar-refractivity contribution in [3.05, 3.63) is 63.9 Å². The number of rotatable bonds is 6. The van der Waals surface area contributed by atoms with Crippen LogP contribution in [0.5, 0.6) is 0 Å². The summed E-state index contributed by atoms with van der Waals surface area (Å²) in [6.07, 6.45) is 1.31. The zero-order valence-corrected chi connectivity index (χ0v) is 15.6. The fourth-order valence-corrected chi connectivity index (χ4v) is 3.30. The molecule has 0 saturated carbocycles. The molecule has 0 unspecified atom stereocenters. The van der Waals surface area contributed by atoms with Crippen molar-refractivity contribution in [2.75, 3.05) is 11.4 Å². The Morgan fingerprint density at radius 1 is 1.23 bits per heavy atom. The van der Waals surface area contributed by atoms with Crippen LogP contribution in [-0.2, 0) is 27.5 Å². The van der Waals surface area contributed by atoms with Crippen LogP contribution in [-0.4, -0.2) is 18.4 Å². The van der Waals surface area contributed by atoms with E-state index >= 15 is 0 Å². The van der Waals surface area contributed by atoms with Crippen molar-refractivity contribution in [2.45, 2.75) is 25.9 Å². The van der Waals surface area contributed by atoms with Gasteiger partial charge in [0.2, 0.25) is 11.8 Å². The molecule has 2 aromatic carbocycles. The van der Waals surface area contributed by atoms with Crippen LogP contribution in [0.2, 0.25) is 0 Å². The monoisotopic (exact) mass is 420 g/mol. The third-order valence-electron chi connectivity index (χ3n) is 4.18. The highest BCUT2D eigenvalue weighted by Gasteiger charge is 2.23. The van der Waals surface area contributed by atoms with Gasteiger partial charge in [-0.15, -0.1) is 0 Å². The number of hydrogen-bond donors (Lipinski definition) is 1. The van der Waals surface area contributed by atoms with Crippen molar-refractivity contribution in [3.8, 4) is 0 Å². The predicted octanol–water partition coefficient (Wildman–Crippen LogP) is 3.51. The van der Waals surface area contributed by atoms with Crippen LogP contribution in [0.1, 0.15) is 24.0 Å². The lowest BCUT2D eigenvalue weighted by molar-refractivity contribution is -0.134. The Bertz CT molecular complexity index is 828. The van der Waals surface area contributed by atoms with Gasteiger partial charge in [0.1, 0.15) is 12.4 Å². The highest BCUT2D eigenvalue weighted by molar-refractivity contribution is 9.10. The number of fused-ring (bicyclic) bond motifs is 1. The summed E-state index contributed by atoms with van der Waals surface area (Å²) in [4.78, 5) is 31.0. The van der Waals surface area contributed by atoms with E-state index in [4.69, 9.17) is 4.84 Å². The van der Waals surface area contributed by atoms with Crippen molar-refractivity contribution < 1.29 is 18.8 Å². The third kappa shape index (κ3) is 4.47. The number of benzene rings is 2. The second-order valence-electron chi connectivity index (χ2n) is 5.97. The maximum absolute atomic E-state index is 13.0. The van der Waals surface area contributed by atoms with Gasteiger partial charge >= 0.3 is 0 Å². The molecule has 1 aliphatic rings. The van der Waals surface area contributed by atoms with Gasteiger partial charge in [0.15, 0.2) is 0 Å². The van der Waals surface area contributed by atoms with Crippen LogP contribution in [0.15, 0.2) is 46.9 Å². The predicted molar refractivity (Wildman–Crippen MR) is 98.8 cm³/mol. The van der Waals surface area contributed by atoms with Crippen molar-refractivity contribution in [3.63, 3.8) is 0 Å². The number of aryl methyl sites for hydroxylation is 1.